The van der Waals surface area contributed by atoms with E-state index in [4.69, 9.17) is 11.6 Å². The van der Waals surface area contributed by atoms with Gasteiger partial charge in [-0.3, -0.25) is 4.79 Å². The number of benzene rings is 2. The van der Waals surface area contributed by atoms with E-state index >= 15 is 0 Å². The zero-order valence-corrected chi connectivity index (χ0v) is 18.5. The Morgan fingerprint density at radius 2 is 1.76 bits per heavy atom. The number of hydrogen-bond donors (Lipinski definition) is 1. The van der Waals surface area contributed by atoms with Crippen LogP contribution in [0.4, 0.5) is 0 Å². The SMILES string of the molecule is CCN(CC)S(=O)(=O)c1ccc(C(C)NC(=O)C2CC2c2ccccc2Cl)cc1. The first-order valence-corrected chi connectivity index (χ1v) is 11.8. The molecule has 0 saturated heterocycles. The maximum Gasteiger partial charge on any atom is 0.243 e. The lowest BCUT2D eigenvalue weighted by molar-refractivity contribution is -0.123. The van der Waals surface area contributed by atoms with Gasteiger partial charge in [0.15, 0.2) is 0 Å². The van der Waals surface area contributed by atoms with Gasteiger partial charge in [-0.05, 0) is 48.6 Å². The minimum absolute atomic E-state index is 0.00209. The van der Waals surface area contributed by atoms with E-state index < -0.39 is 10.0 Å². The number of sulfonamides is 1. The average Bonchev–Trinajstić information content (AvgIpc) is 3.50. The molecule has 1 aliphatic rings. The van der Waals surface area contributed by atoms with Gasteiger partial charge in [-0.1, -0.05) is 55.8 Å². The third-order valence-electron chi connectivity index (χ3n) is 5.51. The third kappa shape index (κ3) is 4.65. The lowest BCUT2D eigenvalue weighted by atomic mass is 10.1. The quantitative estimate of drug-likeness (QED) is 0.671. The highest BCUT2D eigenvalue weighted by molar-refractivity contribution is 7.89. The summed E-state index contributed by atoms with van der Waals surface area (Å²) in [6, 6.07) is 14.2. The molecule has 1 N–H and O–H groups in total. The van der Waals surface area contributed by atoms with Crippen LogP contribution in [-0.2, 0) is 14.8 Å². The van der Waals surface area contributed by atoms with Crippen LogP contribution in [0.2, 0.25) is 5.02 Å². The van der Waals surface area contributed by atoms with E-state index in [-0.39, 0.29) is 28.7 Å². The first-order chi connectivity index (χ1) is 13.8. The molecule has 156 valence electrons. The van der Waals surface area contributed by atoms with Gasteiger partial charge in [0.05, 0.1) is 10.9 Å². The van der Waals surface area contributed by atoms with Crippen LogP contribution in [0.5, 0.6) is 0 Å². The van der Waals surface area contributed by atoms with Crippen LogP contribution >= 0.6 is 11.6 Å². The lowest BCUT2D eigenvalue weighted by Crippen LogP contribution is -2.31. The third-order valence-corrected chi connectivity index (χ3v) is 7.92. The second-order valence-corrected chi connectivity index (χ2v) is 9.70. The number of carbonyl (C=O) groups excluding carboxylic acids is 1. The van der Waals surface area contributed by atoms with Crippen molar-refractivity contribution in [2.24, 2.45) is 5.92 Å². The number of carbonyl (C=O) groups is 1. The molecule has 5 nitrogen and oxygen atoms in total. The summed E-state index contributed by atoms with van der Waals surface area (Å²) in [4.78, 5) is 12.9. The Hall–Kier alpha value is -1.89. The number of amides is 1. The maximum absolute atomic E-state index is 12.6. The molecule has 1 fully saturated rings. The minimum Gasteiger partial charge on any atom is -0.349 e. The van der Waals surface area contributed by atoms with Gasteiger partial charge in [0.1, 0.15) is 0 Å². The predicted molar refractivity (Wildman–Crippen MR) is 115 cm³/mol. The molecule has 2 aromatic rings. The minimum atomic E-state index is -3.48. The molecule has 2 aromatic carbocycles. The van der Waals surface area contributed by atoms with E-state index in [0.717, 1.165) is 17.5 Å². The molecule has 0 radical (unpaired) electrons. The second kappa shape index (κ2) is 8.86. The molecule has 0 spiro atoms. The van der Waals surface area contributed by atoms with E-state index in [1.165, 1.54) is 4.31 Å². The van der Waals surface area contributed by atoms with Gasteiger partial charge in [-0.25, -0.2) is 8.42 Å². The number of nitrogens with zero attached hydrogens (tertiary/aromatic N) is 1. The maximum atomic E-state index is 12.6. The summed E-state index contributed by atoms with van der Waals surface area (Å²) < 4.78 is 26.6. The number of nitrogens with one attached hydrogen (secondary N) is 1. The van der Waals surface area contributed by atoms with Crippen molar-refractivity contribution >= 4 is 27.5 Å². The molecule has 0 heterocycles. The second-order valence-electron chi connectivity index (χ2n) is 7.36. The average molecular weight is 435 g/mol. The Labute approximate surface area is 178 Å². The molecule has 29 heavy (non-hydrogen) atoms. The molecular formula is C22H27ClN2O3S. The van der Waals surface area contributed by atoms with Crippen LogP contribution in [0.15, 0.2) is 53.4 Å². The van der Waals surface area contributed by atoms with Crippen LogP contribution in [0, 0.1) is 5.92 Å². The fraction of sp³-hybridized carbons (Fsp3) is 0.409. The highest BCUT2D eigenvalue weighted by Crippen LogP contribution is 2.49. The van der Waals surface area contributed by atoms with Gasteiger partial charge < -0.3 is 5.32 Å². The first kappa shape index (κ1) is 21.8. The van der Waals surface area contributed by atoms with Crippen molar-refractivity contribution in [3.05, 3.63) is 64.7 Å². The van der Waals surface area contributed by atoms with Crippen LogP contribution < -0.4 is 5.32 Å². The summed E-state index contributed by atoms with van der Waals surface area (Å²) in [5.41, 5.74) is 1.89. The van der Waals surface area contributed by atoms with Crippen molar-refractivity contribution in [2.75, 3.05) is 13.1 Å². The van der Waals surface area contributed by atoms with Gasteiger partial charge >= 0.3 is 0 Å². The largest absolute Gasteiger partial charge is 0.349 e. The van der Waals surface area contributed by atoms with E-state index in [0.29, 0.717) is 18.1 Å². The predicted octanol–water partition coefficient (Wildman–Crippen LogP) is 4.35. The van der Waals surface area contributed by atoms with Crippen LogP contribution in [-0.4, -0.2) is 31.7 Å². The molecule has 3 rings (SSSR count). The van der Waals surface area contributed by atoms with Crippen molar-refractivity contribution in [3.63, 3.8) is 0 Å². The molecule has 7 heteroatoms. The Balaban J connectivity index is 1.64. The molecule has 0 bridgehead atoms. The molecule has 0 aromatic heterocycles. The molecule has 3 unspecified atom stereocenters. The monoisotopic (exact) mass is 434 g/mol. The van der Waals surface area contributed by atoms with Crippen molar-refractivity contribution in [1.29, 1.82) is 0 Å². The van der Waals surface area contributed by atoms with Gasteiger partial charge in [-0.15, -0.1) is 0 Å². The van der Waals surface area contributed by atoms with Gasteiger partial charge in [-0.2, -0.15) is 4.31 Å². The molecular weight excluding hydrogens is 408 g/mol. The fourth-order valence-electron chi connectivity index (χ4n) is 3.65. The summed E-state index contributed by atoms with van der Waals surface area (Å²) in [6.07, 6.45) is 0.795. The van der Waals surface area contributed by atoms with Gasteiger partial charge in [0.2, 0.25) is 15.9 Å². The molecule has 3 atom stereocenters. The van der Waals surface area contributed by atoms with Crippen LogP contribution in [0.1, 0.15) is 50.3 Å². The normalized spacial score (nSPS) is 19.8. The van der Waals surface area contributed by atoms with Gasteiger partial charge in [0, 0.05) is 24.0 Å². The molecule has 0 aliphatic heterocycles. The molecule has 1 amide bonds. The smallest absolute Gasteiger partial charge is 0.243 e. The summed E-state index contributed by atoms with van der Waals surface area (Å²) in [5, 5.41) is 3.74. The van der Waals surface area contributed by atoms with E-state index in [1.807, 2.05) is 45.0 Å². The van der Waals surface area contributed by atoms with Crippen LogP contribution in [0.25, 0.3) is 0 Å². The van der Waals surface area contributed by atoms with Crippen molar-refractivity contribution in [2.45, 2.75) is 44.0 Å². The van der Waals surface area contributed by atoms with Crippen molar-refractivity contribution in [3.8, 4) is 0 Å². The number of rotatable bonds is 8. The fourth-order valence-corrected chi connectivity index (χ4v) is 5.38. The summed E-state index contributed by atoms with van der Waals surface area (Å²) >= 11 is 6.24. The highest BCUT2D eigenvalue weighted by Gasteiger charge is 2.45. The summed E-state index contributed by atoms with van der Waals surface area (Å²) in [5.74, 6) is 0.0967. The highest BCUT2D eigenvalue weighted by atomic mass is 35.5. The van der Waals surface area contributed by atoms with E-state index in [2.05, 4.69) is 5.32 Å². The zero-order chi connectivity index (χ0) is 21.2. The number of halogens is 1. The Kier molecular flexibility index (Phi) is 6.66. The summed E-state index contributed by atoms with van der Waals surface area (Å²) in [7, 11) is -3.48. The molecule has 1 saturated carbocycles. The Morgan fingerprint density at radius 3 is 2.34 bits per heavy atom. The Bertz CT molecular complexity index is 972. The van der Waals surface area contributed by atoms with Gasteiger partial charge in [0.25, 0.3) is 0 Å². The van der Waals surface area contributed by atoms with E-state index in [1.54, 1.807) is 24.3 Å². The van der Waals surface area contributed by atoms with Crippen molar-refractivity contribution in [1.82, 2.24) is 9.62 Å². The topological polar surface area (TPSA) is 66.5 Å². The molecule has 1 aliphatic carbocycles. The zero-order valence-electron chi connectivity index (χ0n) is 16.9. The lowest BCUT2D eigenvalue weighted by Gasteiger charge is -2.19. The summed E-state index contributed by atoms with van der Waals surface area (Å²) in [6.45, 7) is 6.41. The van der Waals surface area contributed by atoms with E-state index in [9.17, 15) is 13.2 Å². The van der Waals surface area contributed by atoms with Crippen LogP contribution in [0.3, 0.4) is 0 Å². The standard InChI is InChI=1S/C22H27ClN2O3S/c1-4-25(5-2)29(27,28)17-12-10-16(11-13-17)15(3)24-22(26)20-14-19(20)18-8-6-7-9-21(18)23/h6-13,15,19-20H,4-5,14H2,1-3H3,(H,24,26). The Morgan fingerprint density at radius 1 is 1.14 bits per heavy atom. The first-order valence-electron chi connectivity index (χ1n) is 9.94. The number of hydrogen-bond acceptors (Lipinski definition) is 3. The van der Waals surface area contributed by atoms with Crippen molar-refractivity contribution < 1.29 is 13.2 Å².